The third-order valence-corrected chi connectivity index (χ3v) is 4.29. The topological polar surface area (TPSA) is 67.9 Å². The summed E-state index contributed by atoms with van der Waals surface area (Å²) in [7, 11) is 0. The Balaban J connectivity index is 1.66. The van der Waals surface area contributed by atoms with Crippen LogP contribution in [-0.2, 0) is 9.59 Å². The van der Waals surface area contributed by atoms with Crippen LogP contribution in [0.4, 0.5) is 11.4 Å². The molecule has 1 aliphatic heterocycles. The van der Waals surface area contributed by atoms with Gasteiger partial charge in [0, 0.05) is 17.3 Å². The SMILES string of the molecule is CCN1C(=O)COc2ccc(NC(=O)COc3ccc(Cl)cc3Cl)cc21. The molecule has 2 aromatic carbocycles. The molecule has 0 saturated carbocycles. The van der Waals surface area contributed by atoms with Gasteiger partial charge < -0.3 is 19.7 Å². The molecule has 0 aromatic heterocycles. The minimum Gasteiger partial charge on any atom is -0.482 e. The maximum atomic E-state index is 12.1. The number of carbonyl (C=O) groups is 2. The van der Waals surface area contributed by atoms with Crippen LogP contribution in [0.2, 0.25) is 10.0 Å². The van der Waals surface area contributed by atoms with E-state index in [1.807, 2.05) is 6.92 Å². The zero-order valence-corrected chi connectivity index (χ0v) is 15.4. The van der Waals surface area contributed by atoms with E-state index in [0.29, 0.717) is 39.5 Å². The minimum absolute atomic E-state index is 0.0161. The molecule has 1 aliphatic rings. The van der Waals surface area contributed by atoms with E-state index in [1.165, 1.54) is 6.07 Å². The highest BCUT2D eigenvalue weighted by molar-refractivity contribution is 6.35. The van der Waals surface area contributed by atoms with Crippen LogP contribution in [0.3, 0.4) is 0 Å². The van der Waals surface area contributed by atoms with Crippen molar-refractivity contribution in [3.8, 4) is 11.5 Å². The maximum Gasteiger partial charge on any atom is 0.265 e. The Morgan fingerprint density at radius 2 is 2.08 bits per heavy atom. The number of fused-ring (bicyclic) bond motifs is 1. The van der Waals surface area contributed by atoms with Gasteiger partial charge in [0.1, 0.15) is 11.5 Å². The van der Waals surface area contributed by atoms with E-state index in [9.17, 15) is 9.59 Å². The van der Waals surface area contributed by atoms with Crippen molar-refractivity contribution in [2.75, 3.05) is 30.0 Å². The summed E-state index contributed by atoms with van der Waals surface area (Å²) >= 11 is 11.8. The molecule has 0 atom stereocenters. The molecular formula is C18H16Cl2N2O4. The molecule has 3 rings (SSSR count). The zero-order chi connectivity index (χ0) is 18.7. The van der Waals surface area contributed by atoms with Crippen LogP contribution in [0, 0.1) is 0 Å². The first-order valence-electron chi connectivity index (χ1n) is 7.93. The number of rotatable bonds is 5. The molecule has 0 spiro atoms. The molecule has 2 aromatic rings. The average molecular weight is 395 g/mol. The van der Waals surface area contributed by atoms with Crippen LogP contribution in [0.15, 0.2) is 36.4 Å². The summed E-state index contributed by atoms with van der Waals surface area (Å²) in [4.78, 5) is 25.6. The van der Waals surface area contributed by atoms with Crippen molar-refractivity contribution in [1.82, 2.24) is 0 Å². The first-order valence-corrected chi connectivity index (χ1v) is 8.68. The van der Waals surface area contributed by atoms with Gasteiger partial charge in [-0.05, 0) is 43.3 Å². The van der Waals surface area contributed by atoms with Crippen molar-refractivity contribution in [2.45, 2.75) is 6.92 Å². The van der Waals surface area contributed by atoms with Crippen LogP contribution in [-0.4, -0.2) is 31.6 Å². The van der Waals surface area contributed by atoms with E-state index >= 15 is 0 Å². The molecule has 1 N–H and O–H groups in total. The summed E-state index contributed by atoms with van der Waals surface area (Å²) in [5.74, 6) is 0.493. The Morgan fingerprint density at radius 1 is 1.27 bits per heavy atom. The summed E-state index contributed by atoms with van der Waals surface area (Å²) < 4.78 is 10.8. The van der Waals surface area contributed by atoms with Crippen LogP contribution in [0.5, 0.6) is 11.5 Å². The van der Waals surface area contributed by atoms with Gasteiger partial charge >= 0.3 is 0 Å². The molecule has 2 amide bonds. The highest BCUT2D eigenvalue weighted by Crippen LogP contribution is 2.34. The van der Waals surface area contributed by atoms with Gasteiger partial charge in [0.15, 0.2) is 13.2 Å². The maximum absolute atomic E-state index is 12.1. The molecule has 0 saturated heterocycles. The third kappa shape index (κ3) is 4.03. The van der Waals surface area contributed by atoms with E-state index in [0.717, 1.165) is 0 Å². The van der Waals surface area contributed by atoms with Crippen LogP contribution in [0.1, 0.15) is 6.92 Å². The fourth-order valence-electron chi connectivity index (χ4n) is 2.56. The second-order valence-electron chi connectivity index (χ2n) is 5.52. The van der Waals surface area contributed by atoms with Gasteiger partial charge in [0.05, 0.1) is 10.7 Å². The molecule has 0 aliphatic carbocycles. The van der Waals surface area contributed by atoms with E-state index in [4.69, 9.17) is 32.7 Å². The Kier molecular flexibility index (Phi) is 5.54. The second-order valence-corrected chi connectivity index (χ2v) is 6.36. The van der Waals surface area contributed by atoms with Gasteiger partial charge in [0.25, 0.3) is 11.8 Å². The molecule has 0 fully saturated rings. The Morgan fingerprint density at radius 3 is 2.81 bits per heavy atom. The highest BCUT2D eigenvalue weighted by Gasteiger charge is 2.24. The summed E-state index contributed by atoms with van der Waals surface area (Å²) in [5, 5.41) is 3.54. The van der Waals surface area contributed by atoms with Crippen molar-refractivity contribution < 1.29 is 19.1 Å². The van der Waals surface area contributed by atoms with Crippen molar-refractivity contribution in [1.29, 1.82) is 0 Å². The number of amides is 2. The van der Waals surface area contributed by atoms with Gasteiger partial charge in [-0.15, -0.1) is 0 Å². The number of benzene rings is 2. The number of hydrogen-bond acceptors (Lipinski definition) is 4. The van der Waals surface area contributed by atoms with Crippen molar-refractivity contribution >= 4 is 46.4 Å². The van der Waals surface area contributed by atoms with Crippen molar-refractivity contribution in [3.05, 3.63) is 46.4 Å². The highest BCUT2D eigenvalue weighted by atomic mass is 35.5. The number of halogens is 2. The molecule has 6 nitrogen and oxygen atoms in total. The lowest BCUT2D eigenvalue weighted by molar-refractivity contribution is -0.121. The van der Waals surface area contributed by atoms with Crippen LogP contribution >= 0.6 is 23.2 Å². The normalized spacial score (nSPS) is 13.0. The molecule has 8 heteroatoms. The number of hydrogen-bond donors (Lipinski definition) is 1. The lowest BCUT2D eigenvalue weighted by Crippen LogP contribution is -2.38. The van der Waals surface area contributed by atoms with E-state index in [-0.39, 0.29) is 25.0 Å². The predicted octanol–water partition coefficient (Wildman–Crippen LogP) is 3.76. The Hall–Kier alpha value is -2.44. The summed E-state index contributed by atoms with van der Waals surface area (Å²) in [6.45, 7) is 2.19. The molecule has 136 valence electrons. The van der Waals surface area contributed by atoms with E-state index in [1.54, 1.807) is 35.2 Å². The quantitative estimate of drug-likeness (QED) is 0.837. The minimum atomic E-state index is -0.359. The van der Waals surface area contributed by atoms with Crippen molar-refractivity contribution in [3.63, 3.8) is 0 Å². The lowest BCUT2D eigenvalue weighted by atomic mass is 10.2. The summed E-state index contributed by atoms with van der Waals surface area (Å²) in [6.07, 6.45) is 0. The summed E-state index contributed by atoms with van der Waals surface area (Å²) in [5.41, 5.74) is 1.17. The summed E-state index contributed by atoms with van der Waals surface area (Å²) in [6, 6.07) is 9.88. The fraction of sp³-hybridized carbons (Fsp3) is 0.222. The first-order chi connectivity index (χ1) is 12.5. The fourth-order valence-corrected chi connectivity index (χ4v) is 3.02. The van der Waals surface area contributed by atoms with Gasteiger partial charge in [-0.2, -0.15) is 0 Å². The van der Waals surface area contributed by atoms with Crippen LogP contribution < -0.4 is 19.7 Å². The Bertz CT molecular complexity index is 857. The lowest BCUT2D eigenvalue weighted by Gasteiger charge is -2.28. The molecule has 0 unspecified atom stereocenters. The van der Waals surface area contributed by atoms with Gasteiger partial charge in [-0.3, -0.25) is 9.59 Å². The van der Waals surface area contributed by atoms with Gasteiger partial charge in [0.2, 0.25) is 0 Å². The second kappa shape index (κ2) is 7.85. The third-order valence-electron chi connectivity index (χ3n) is 3.75. The monoisotopic (exact) mass is 394 g/mol. The van der Waals surface area contributed by atoms with Gasteiger partial charge in [-0.1, -0.05) is 23.2 Å². The van der Waals surface area contributed by atoms with Crippen molar-refractivity contribution in [2.24, 2.45) is 0 Å². The predicted molar refractivity (Wildman–Crippen MR) is 101 cm³/mol. The first kappa shape index (κ1) is 18.4. The average Bonchev–Trinajstić information content (AvgIpc) is 2.61. The number of carbonyl (C=O) groups excluding carboxylic acids is 2. The number of nitrogens with one attached hydrogen (secondary N) is 1. The number of ether oxygens (including phenoxy) is 2. The van der Waals surface area contributed by atoms with E-state index in [2.05, 4.69) is 5.32 Å². The molecule has 0 bridgehead atoms. The molecule has 0 radical (unpaired) electrons. The van der Waals surface area contributed by atoms with Crippen LogP contribution in [0.25, 0.3) is 0 Å². The smallest absolute Gasteiger partial charge is 0.265 e. The zero-order valence-electron chi connectivity index (χ0n) is 13.9. The number of likely N-dealkylation sites (N-methyl/N-ethyl adjacent to an activating group) is 1. The standard InChI is InChI=1S/C18H16Cl2N2O4/c1-2-22-14-8-12(4-6-16(14)26-10-18(22)24)21-17(23)9-25-15-5-3-11(19)7-13(15)20/h3-8H,2,9-10H2,1H3,(H,21,23). The molecule has 26 heavy (non-hydrogen) atoms. The largest absolute Gasteiger partial charge is 0.482 e. The van der Waals surface area contributed by atoms with Gasteiger partial charge in [-0.25, -0.2) is 0 Å². The van der Waals surface area contributed by atoms with E-state index < -0.39 is 0 Å². The molecular weight excluding hydrogens is 379 g/mol. The Labute approximate surface area is 160 Å². The number of nitrogens with zero attached hydrogens (tertiary/aromatic N) is 1. The molecule has 1 heterocycles. The number of anilines is 2.